The summed E-state index contributed by atoms with van der Waals surface area (Å²) in [5.41, 5.74) is -0.326. The molecule has 1 atom stereocenters. The van der Waals surface area contributed by atoms with Crippen molar-refractivity contribution < 1.29 is 19.1 Å². The van der Waals surface area contributed by atoms with Gasteiger partial charge in [0.15, 0.2) is 10.6 Å². The number of ketones is 1. The Labute approximate surface area is 117 Å². The fourth-order valence-corrected chi connectivity index (χ4v) is 2.10. The second-order valence-corrected chi connectivity index (χ2v) is 5.16. The van der Waals surface area contributed by atoms with Crippen LogP contribution in [0.1, 0.15) is 30.6 Å². The Bertz CT molecular complexity index is 445. The molecule has 1 rings (SSSR count). The third-order valence-electron chi connectivity index (χ3n) is 2.29. The highest BCUT2D eigenvalue weighted by molar-refractivity contribution is 8.14. The lowest BCUT2D eigenvalue weighted by Crippen LogP contribution is -2.20. The first-order valence-electron chi connectivity index (χ1n) is 6.05. The van der Waals surface area contributed by atoms with Crippen LogP contribution in [0.15, 0.2) is 24.3 Å². The van der Waals surface area contributed by atoms with Crippen LogP contribution in [0.4, 0.5) is 0 Å². The van der Waals surface area contributed by atoms with Crippen molar-refractivity contribution in [3.8, 4) is 5.75 Å². The number of hydrogen-bond acceptors (Lipinski definition) is 5. The average molecular weight is 282 g/mol. The van der Waals surface area contributed by atoms with Crippen molar-refractivity contribution in [2.24, 2.45) is 0 Å². The van der Waals surface area contributed by atoms with Crippen LogP contribution in [0, 0.1) is 0 Å². The SMILES string of the molecule is CCCOc1cccc(C(=O)C(OC)SC(C)=O)c1. The number of thioether (sulfide) groups is 1. The summed E-state index contributed by atoms with van der Waals surface area (Å²) in [6.07, 6.45) is 0.902. The van der Waals surface area contributed by atoms with Crippen LogP contribution in [0.25, 0.3) is 0 Å². The molecule has 0 heterocycles. The zero-order valence-electron chi connectivity index (χ0n) is 11.3. The lowest BCUT2D eigenvalue weighted by atomic mass is 10.1. The van der Waals surface area contributed by atoms with Crippen molar-refractivity contribution in [2.45, 2.75) is 25.7 Å². The van der Waals surface area contributed by atoms with Gasteiger partial charge in [0.1, 0.15) is 5.75 Å². The number of Topliss-reactive ketones (excluding diaryl/α,β-unsaturated/α-hetero) is 1. The molecular weight excluding hydrogens is 264 g/mol. The Morgan fingerprint density at radius 1 is 1.37 bits per heavy atom. The van der Waals surface area contributed by atoms with Crippen LogP contribution in [0.3, 0.4) is 0 Å². The summed E-state index contributed by atoms with van der Waals surface area (Å²) in [7, 11) is 1.41. The molecule has 0 spiro atoms. The van der Waals surface area contributed by atoms with Gasteiger partial charge in [-0.05, 0) is 30.3 Å². The number of methoxy groups -OCH3 is 1. The zero-order valence-corrected chi connectivity index (χ0v) is 12.2. The molecule has 0 saturated heterocycles. The first-order chi connectivity index (χ1) is 9.08. The number of carbonyl (C=O) groups excluding carboxylic acids is 2. The fourth-order valence-electron chi connectivity index (χ4n) is 1.45. The summed E-state index contributed by atoms with van der Waals surface area (Å²) < 4.78 is 10.5. The van der Waals surface area contributed by atoms with Gasteiger partial charge in [0.25, 0.3) is 0 Å². The van der Waals surface area contributed by atoms with E-state index >= 15 is 0 Å². The summed E-state index contributed by atoms with van der Waals surface area (Å²) in [6, 6.07) is 6.91. The summed E-state index contributed by atoms with van der Waals surface area (Å²) in [4.78, 5) is 23.2. The van der Waals surface area contributed by atoms with Crippen molar-refractivity contribution in [3.63, 3.8) is 0 Å². The standard InChI is InChI=1S/C14H18O4S/c1-4-8-18-12-7-5-6-11(9-12)13(16)14(17-3)19-10(2)15/h5-7,9,14H,4,8H2,1-3H3. The first kappa shape index (κ1) is 15.7. The van der Waals surface area contributed by atoms with Crippen molar-refractivity contribution in [1.29, 1.82) is 0 Å². The lowest BCUT2D eigenvalue weighted by Gasteiger charge is -2.12. The Balaban J connectivity index is 2.82. The maximum absolute atomic E-state index is 12.2. The van der Waals surface area contributed by atoms with Gasteiger partial charge in [-0.2, -0.15) is 0 Å². The number of benzene rings is 1. The average Bonchev–Trinajstić information content (AvgIpc) is 2.41. The Hall–Kier alpha value is -1.33. The van der Waals surface area contributed by atoms with Gasteiger partial charge in [0, 0.05) is 19.6 Å². The quantitative estimate of drug-likeness (QED) is 0.568. The molecule has 0 bridgehead atoms. The minimum absolute atomic E-state index is 0.154. The van der Waals surface area contributed by atoms with Crippen molar-refractivity contribution in [2.75, 3.05) is 13.7 Å². The number of rotatable bonds is 7. The molecule has 0 amide bonds. The van der Waals surface area contributed by atoms with E-state index in [0.717, 1.165) is 18.2 Å². The molecule has 0 saturated carbocycles. The highest BCUT2D eigenvalue weighted by Gasteiger charge is 2.22. The summed E-state index contributed by atoms with van der Waals surface area (Å²) in [5.74, 6) is 0.417. The van der Waals surface area contributed by atoms with Crippen LogP contribution in [-0.4, -0.2) is 30.1 Å². The van der Waals surface area contributed by atoms with E-state index in [2.05, 4.69) is 0 Å². The molecule has 0 N–H and O–H groups in total. The van der Waals surface area contributed by atoms with E-state index in [9.17, 15) is 9.59 Å². The molecule has 0 fully saturated rings. The summed E-state index contributed by atoms with van der Waals surface area (Å²) >= 11 is 0.875. The van der Waals surface area contributed by atoms with E-state index in [0.29, 0.717) is 17.9 Å². The minimum Gasteiger partial charge on any atom is -0.494 e. The predicted molar refractivity (Wildman–Crippen MR) is 75.6 cm³/mol. The highest BCUT2D eigenvalue weighted by atomic mass is 32.2. The van der Waals surface area contributed by atoms with E-state index in [-0.39, 0.29) is 10.9 Å². The van der Waals surface area contributed by atoms with Crippen molar-refractivity contribution in [1.82, 2.24) is 0 Å². The maximum Gasteiger partial charge on any atom is 0.202 e. The molecule has 0 aromatic heterocycles. The first-order valence-corrected chi connectivity index (χ1v) is 6.93. The molecule has 4 nitrogen and oxygen atoms in total. The Morgan fingerprint density at radius 3 is 2.68 bits per heavy atom. The van der Waals surface area contributed by atoms with Crippen molar-refractivity contribution in [3.05, 3.63) is 29.8 Å². The van der Waals surface area contributed by atoms with Gasteiger partial charge < -0.3 is 9.47 Å². The molecule has 0 aliphatic rings. The topological polar surface area (TPSA) is 52.6 Å². The zero-order chi connectivity index (χ0) is 14.3. The minimum atomic E-state index is -0.807. The van der Waals surface area contributed by atoms with Crippen LogP contribution < -0.4 is 4.74 Å². The molecule has 5 heteroatoms. The monoisotopic (exact) mass is 282 g/mol. The van der Waals surface area contributed by atoms with E-state index in [1.165, 1.54) is 14.0 Å². The second-order valence-electron chi connectivity index (χ2n) is 3.92. The fraction of sp³-hybridized carbons (Fsp3) is 0.429. The smallest absolute Gasteiger partial charge is 0.202 e. The van der Waals surface area contributed by atoms with E-state index in [1.807, 2.05) is 6.92 Å². The Kier molecular flexibility index (Phi) is 6.59. The van der Waals surface area contributed by atoms with E-state index in [1.54, 1.807) is 24.3 Å². The summed E-state index contributed by atoms with van der Waals surface area (Å²) in [5, 5.41) is -0.154. The predicted octanol–water partition coefficient (Wildman–Crippen LogP) is 2.91. The molecule has 0 radical (unpaired) electrons. The van der Waals surface area contributed by atoms with Gasteiger partial charge in [-0.25, -0.2) is 0 Å². The molecule has 0 aliphatic heterocycles. The van der Waals surface area contributed by atoms with Gasteiger partial charge >= 0.3 is 0 Å². The van der Waals surface area contributed by atoms with E-state index in [4.69, 9.17) is 9.47 Å². The summed E-state index contributed by atoms with van der Waals surface area (Å²) in [6.45, 7) is 4.03. The molecule has 1 aromatic rings. The van der Waals surface area contributed by atoms with E-state index < -0.39 is 5.44 Å². The molecule has 104 valence electrons. The lowest BCUT2D eigenvalue weighted by molar-refractivity contribution is -0.109. The van der Waals surface area contributed by atoms with Gasteiger partial charge in [-0.1, -0.05) is 19.1 Å². The number of ether oxygens (including phenoxy) is 2. The number of carbonyl (C=O) groups is 2. The van der Waals surface area contributed by atoms with Gasteiger partial charge in [-0.15, -0.1) is 0 Å². The second kappa shape index (κ2) is 7.96. The molecule has 1 aromatic carbocycles. The third-order valence-corrected chi connectivity index (χ3v) is 3.25. The normalized spacial score (nSPS) is 11.9. The Morgan fingerprint density at radius 2 is 2.11 bits per heavy atom. The largest absolute Gasteiger partial charge is 0.494 e. The van der Waals surface area contributed by atoms with Crippen LogP contribution >= 0.6 is 11.8 Å². The van der Waals surface area contributed by atoms with Crippen LogP contribution in [0.5, 0.6) is 5.75 Å². The maximum atomic E-state index is 12.2. The van der Waals surface area contributed by atoms with Crippen molar-refractivity contribution >= 4 is 22.7 Å². The van der Waals surface area contributed by atoms with Crippen LogP contribution in [0.2, 0.25) is 0 Å². The molecule has 0 aliphatic carbocycles. The van der Waals surface area contributed by atoms with Gasteiger partial charge in [0.2, 0.25) is 5.78 Å². The third kappa shape index (κ3) is 5.04. The molecule has 19 heavy (non-hydrogen) atoms. The molecular formula is C14H18O4S. The number of hydrogen-bond donors (Lipinski definition) is 0. The van der Waals surface area contributed by atoms with Gasteiger partial charge in [-0.3, -0.25) is 9.59 Å². The molecule has 1 unspecified atom stereocenters. The van der Waals surface area contributed by atoms with Crippen LogP contribution in [-0.2, 0) is 9.53 Å². The van der Waals surface area contributed by atoms with Gasteiger partial charge in [0.05, 0.1) is 6.61 Å². The highest BCUT2D eigenvalue weighted by Crippen LogP contribution is 2.21.